The van der Waals surface area contributed by atoms with Crippen LogP contribution in [0.2, 0.25) is 0 Å². The van der Waals surface area contributed by atoms with Crippen LogP contribution < -0.4 is 5.32 Å². The zero-order valence-corrected chi connectivity index (χ0v) is 12.3. The second kappa shape index (κ2) is 5.87. The molecule has 1 fully saturated rings. The lowest BCUT2D eigenvalue weighted by Gasteiger charge is -2.40. The van der Waals surface area contributed by atoms with E-state index in [1.165, 1.54) is 17.1 Å². The van der Waals surface area contributed by atoms with Crippen LogP contribution in [0.3, 0.4) is 0 Å². The van der Waals surface area contributed by atoms with Gasteiger partial charge in [-0.1, -0.05) is 0 Å². The number of hydrogen-bond acceptors (Lipinski definition) is 4. The van der Waals surface area contributed by atoms with E-state index in [9.17, 15) is 13.6 Å². The summed E-state index contributed by atoms with van der Waals surface area (Å²) >= 11 is 0. The predicted octanol–water partition coefficient (Wildman–Crippen LogP) is 2.18. The van der Waals surface area contributed by atoms with E-state index in [0.29, 0.717) is 18.8 Å². The Morgan fingerprint density at radius 1 is 1.52 bits per heavy atom. The number of alkyl halides is 2. The molecule has 0 aliphatic carbocycles. The van der Waals surface area contributed by atoms with E-state index in [4.69, 9.17) is 4.74 Å². The standard InChI is InChI=1S/C13H20F2N4O2/c1-13(2,3)21-12(20)18-5-10(6-18)17-9-4-16-19(7-9)8-11(14)15/h4,7,10-11,17H,5-6,8H2,1-3H3. The van der Waals surface area contributed by atoms with Crippen LogP contribution in [0.5, 0.6) is 0 Å². The molecule has 1 amide bonds. The van der Waals surface area contributed by atoms with Crippen molar-refractivity contribution < 1.29 is 18.3 Å². The van der Waals surface area contributed by atoms with Gasteiger partial charge in [0.15, 0.2) is 0 Å². The normalized spacial score (nSPS) is 16.0. The van der Waals surface area contributed by atoms with Crippen molar-refractivity contribution in [1.29, 1.82) is 0 Å². The average molecular weight is 302 g/mol. The second-order valence-corrected chi connectivity index (χ2v) is 6.07. The van der Waals surface area contributed by atoms with Gasteiger partial charge >= 0.3 is 6.09 Å². The molecule has 1 aliphatic rings. The number of carbonyl (C=O) groups excluding carboxylic acids is 1. The maximum absolute atomic E-state index is 12.2. The SMILES string of the molecule is CC(C)(C)OC(=O)N1CC(Nc2cnn(CC(F)F)c2)C1. The molecule has 1 aliphatic heterocycles. The highest BCUT2D eigenvalue weighted by Gasteiger charge is 2.33. The summed E-state index contributed by atoms with van der Waals surface area (Å²) in [5.41, 5.74) is 0.163. The minimum atomic E-state index is -2.43. The minimum Gasteiger partial charge on any atom is -0.444 e. The van der Waals surface area contributed by atoms with Gasteiger partial charge in [-0.05, 0) is 20.8 Å². The molecule has 6 nitrogen and oxygen atoms in total. The zero-order chi connectivity index (χ0) is 15.6. The van der Waals surface area contributed by atoms with Crippen LogP contribution in [0.4, 0.5) is 19.3 Å². The van der Waals surface area contributed by atoms with Crippen molar-refractivity contribution in [3.05, 3.63) is 12.4 Å². The molecule has 1 aromatic rings. The molecule has 2 rings (SSSR count). The molecule has 21 heavy (non-hydrogen) atoms. The number of halogens is 2. The number of nitrogens with one attached hydrogen (secondary N) is 1. The number of aromatic nitrogens is 2. The second-order valence-electron chi connectivity index (χ2n) is 6.07. The van der Waals surface area contributed by atoms with Crippen LogP contribution in [0.1, 0.15) is 20.8 Å². The van der Waals surface area contributed by atoms with E-state index in [-0.39, 0.29) is 12.1 Å². The number of ether oxygens (including phenoxy) is 1. The highest BCUT2D eigenvalue weighted by molar-refractivity contribution is 5.69. The van der Waals surface area contributed by atoms with E-state index in [1.54, 1.807) is 4.90 Å². The van der Waals surface area contributed by atoms with E-state index in [0.717, 1.165) is 0 Å². The quantitative estimate of drug-likeness (QED) is 0.926. The number of hydrogen-bond donors (Lipinski definition) is 1. The Labute approximate surface area is 122 Å². The highest BCUT2D eigenvalue weighted by atomic mass is 19.3. The fourth-order valence-corrected chi connectivity index (χ4v) is 1.96. The number of amides is 1. The molecule has 0 saturated carbocycles. The van der Waals surface area contributed by atoms with Gasteiger partial charge in [-0.3, -0.25) is 4.68 Å². The molecular weight excluding hydrogens is 282 g/mol. The van der Waals surface area contributed by atoms with Gasteiger partial charge in [-0.15, -0.1) is 0 Å². The molecule has 1 aromatic heterocycles. The van der Waals surface area contributed by atoms with Crippen LogP contribution in [0, 0.1) is 0 Å². The van der Waals surface area contributed by atoms with Gasteiger partial charge in [0.05, 0.1) is 17.9 Å². The number of likely N-dealkylation sites (tertiary alicyclic amines) is 1. The third-order valence-electron chi connectivity index (χ3n) is 2.86. The lowest BCUT2D eigenvalue weighted by Crippen LogP contribution is -2.57. The fourth-order valence-electron chi connectivity index (χ4n) is 1.96. The smallest absolute Gasteiger partial charge is 0.410 e. The molecular formula is C13H20F2N4O2. The molecule has 0 unspecified atom stereocenters. The van der Waals surface area contributed by atoms with Crippen molar-refractivity contribution in [2.24, 2.45) is 0 Å². The maximum Gasteiger partial charge on any atom is 0.410 e. The summed E-state index contributed by atoms with van der Waals surface area (Å²) in [6, 6.07) is 0.0849. The van der Waals surface area contributed by atoms with Crippen molar-refractivity contribution in [3.63, 3.8) is 0 Å². The van der Waals surface area contributed by atoms with Crippen molar-refractivity contribution in [2.45, 2.75) is 45.4 Å². The first kappa shape index (κ1) is 15.5. The molecule has 1 N–H and O–H groups in total. The highest BCUT2D eigenvalue weighted by Crippen LogP contribution is 2.18. The van der Waals surface area contributed by atoms with Crippen molar-refractivity contribution in [2.75, 3.05) is 18.4 Å². The molecule has 8 heteroatoms. The Morgan fingerprint density at radius 2 is 2.19 bits per heavy atom. The van der Waals surface area contributed by atoms with Gasteiger partial charge < -0.3 is 15.0 Å². The van der Waals surface area contributed by atoms with Crippen molar-refractivity contribution in [3.8, 4) is 0 Å². The lowest BCUT2D eigenvalue weighted by molar-refractivity contribution is 0.0105. The third kappa shape index (κ3) is 4.57. The van der Waals surface area contributed by atoms with Crippen LogP contribution >= 0.6 is 0 Å². The van der Waals surface area contributed by atoms with Crippen LogP contribution in [-0.2, 0) is 11.3 Å². The van der Waals surface area contributed by atoms with Gasteiger partial charge in [-0.25, -0.2) is 13.6 Å². The van der Waals surface area contributed by atoms with Crippen LogP contribution in [0.15, 0.2) is 12.4 Å². The first-order valence-electron chi connectivity index (χ1n) is 6.78. The molecule has 2 heterocycles. The molecule has 0 aromatic carbocycles. The number of rotatable bonds is 4. The summed E-state index contributed by atoms with van der Waals surface area (Å²) in [6.07, 6.45) is 0.263. The predicted molar refractivity (Wildman–Crippen MR) is 73.4 cm³/mol. The van der Waals surface area contributed by atoms with E-state index in [1.807, 2.05) is 20.8 Å². The summed E-state index contributed by atoms with van der Waals surface area (Å²) in [5.74, 6) is 0. The minimum absolute atomic E-state index is 0.0849. The van der Waals surface area contributed by atoms with Gasteiger partial charge in [-0.2, -0.15) is 5.10 Å². The molecule has 0 bridgehead atoms. The Kier molecular flexibility index (Phi) is 4.34. The van der Waals surface area contributed by atoms with Crippen LogP contribution in [0.25, 0.3) is 0 Å². The number of carbonyl (C=O) groups is 1. The third-order valence-corrected chi connectivity index (χ3v) is 2.86. The van der Waals surface area contributed by atoms with Crippen molar-refractivity contribution >= 4 is 11.8 Å². The molecule has 0 radical (unpaired) electrons. The van der Waals surface area contributed by atoms with E-state index >= 15 is 0 Å². The van der Waals surface area contributed by atoms with Gasteiger partial charge in [0, 0.05) is 19.3 Å². The monoisotopic (exact) mass is 302 g/mol. The Morgan fingerprint density at radius 3 is 2.76 bits per heavy atom. The summed E-state index contributed by atoms with van der Waals surface area (Å²) in [4.78, 5) is 13.3. The van der Waals surface area contributed by atoms with E-state index < -0.39 is 18.6 Å². The summed E-state index contributed by atoms with van der Waals surface area (Å²) in [6.45, 7) is 6.08. The molecule has 118 valence electrons. The average Bonchev–Trinajstić information content (AvgIpc) is 2.66. The van der Waals surface area contributed by atoms with Crippen LogP contribution in [-0.4, -0.2) is 51.9 Å². The largest absolute Gasteiger partial charge is 0.444 e. The Balaban J connectivity index is 1.75. The van der Waals surface area contributed by atoms with Gasteiger partial charge in [0.1, 0.15) is 12.1 Å². The Bertz CT molecular complexity index is 493. The Hall–Kier alpha value is -1.86. The molecule has 0 spiro atoms. The summed E-state index contributed by atoms with van der Waals surface area (Å²) in [7, 11) is 0. The van der Waals surface area contributed by atoms with Gasteiger partial charge in [0.2, 0.25) is 0 Å². The summed E-state index contributed by atoms with van der Waals surface area (Å²) < 4.78 is 30.9. The number of nitrogens with zero attached hydrogens (tertiary/aromatic N) is 3. The molecule has 0 atom stereocenters. The first-order chi connectivity index (χ1) is 9.73. The summed E-state index contributed by atoms with van der Waals surface area (Å²) in [5, 5.41) is 6.98. The zero-order valence-electron chi connectivity index (χ0n) is 12.3. The first-order valence-corrected chi connectivity index (χ1v) is 6.78. The van der Waals surface area contributed by atoms with Gasteiger partial charge in [0.25, 0.3) is 6.43 Å². The topological polar surface area (TPSA) is 59.4 Å². The maximum atomic E-state index is 12.2. The van der Waals surface area contributed by atoms with E-state index in [2.05, 4.69) is 10.4 Å². The number of anilines is 1. The lowest BCUT2D eigenvalue weighted by atomic mass is 10.1. The fraction of sp³-hybridized carbons (Fsp3) is 0.692. The molecule has 1 saturated heterocycles. The van der Waals surface area contributed by atoms with Crippen molar-refractivity contribution in [1.82, 2.24) is 14.7 Å².